The minimum absolute atomic E-state index is 0.417. The van der Waals surface area contributed by atoms with E-state index in [4.69, 9.17) is 0 Å². The Labute approximate surface area is 99.9 Å². The van der Waals surface area contributed by atoms with Crippen LogP contribution in [0.5, 0.6) is 0 Å². The van der Waals surface area contributed by atoms with Crippen molar-refractivity contribution >= 4 is 23.7 Å². The van der Waals surface area contributed by atoms with Crippen LogP contribution in [0.3, 0.4) is 0 Å². The molecule has 0 fully saturated rings. The molecule has 2 rings (SSSR count). The van der Waals surface area contributed by atoms with Gasteiger partial charge in [-0.1, -0.05) is 23.9 Å². The topological polar surface area (TPSA) is 29.1 Å². The molecule has 90 valence electrons. The van der Waals surface area contributed by atoms with Crippen LogP contribution in [0.4, 0.5) is 13.2 Å². The highest BCUT2D eigenvalue weighted by Crippen LogP contribution is 2.32. The zero-order valence-corrected chi connectivity index (χ0v) is 9.31. The van der Waals surface area contributed by atoms with Gasteiger partial charge in [0.05, 0.1) is 5.56 Å². The fraction of sp³-hybridized carbons (Fsp3) is 0.182. The van der Waals surface area contributed by atoms with Crippen molar-refractivity contribution in [3.8, 4) is 0 Å². The van der Waals surface area contributed by atoms with Gasteiger partial charge in [0, 0.05) is 5.70 Å². The number of hydrogen-bond acceptors (Lipinski definition) is 3. The van der Waals surface area contributed by atoms with Gasteiger partial charge >= 0.3 is 6.18 Å². The maximum absolute atomic E-state index is 12.5. The maximum Gasteiger partial charge on any atom is 0.416 e. The largest absolute Gasteiger partial charge is 0.416 e. The normalized spacial score (nSPS) is 19.7. The van der Waals surface area contributed by atoms with E-state index in [1.165, 1.54) is 17.8 Å². The summed E-state index contributed by atoms with van der Waals surface area (Å²) >= 11 is 1.24. The third kappa shape index (κ3) is 2.63. The first kappa shape index (κ1) is 12.0. The van der Waals surface area contributed by atoms with E-state index in [0.717, 1.165) is 12.1 Å². The summed E-state index contributed by atoms with van der Waals surface area (Å²) in [6, 6.07) is 5.00. The number of carbonyl (C=O) groups excluding carboxylic acids is 1. The smallest absolute Gasteiger partial charge is 0.366 e. The molecule has 0 saturated carbocycles. The predicted octanol–water partition coefficient (Wildman–Crippen LogP) is 2.87. The van der Waals surface area contributed by atoms with Gasteiger partial charge < -0.3 is 10.1 Å². The van der Waals surface area contributed by atoms with E-state index in [0.29, 0.717) is 17.5 Å². The van der Waals surface area contributed by atoms with Gasteiger partial charge in [-0.3, -0.25) is 0 Å². The first-order chi connectivity index (χ1) is 8.00. The highest BCUT2D eigenvalue weighted by Gasteiger charge is 2.30. The summed E-state index contributed by atoms with van der Waals surface area (Å²) in [6.07, 6.45) is -3.64. The van der Waals surface area contributed by atoms with E-state index in [9.17, 15) is 18.0 Å². The van der Waals surface area contributed by atoms with E-state index in [1.54, 1.807) is 11.5 Å². The Balaban J connectivity index is 2.26. The van der Waals surface area contributed by atoms with Gasteiger partial charge in [0.15, 0.2) is 6.29 Å². The van der Waals surface area contributed by atoms with Gasteiger partial charge in [0.1, 0.15) is 5.37 Å². The Morgan fingerprint density at radius 2 is 2.12 bits per heavy atom. The fourth-order valence-electron chi connectivity index (χ4n) is 1.44. The SMILES string of the molecule is O=CC1NC(c2cccc(C(F)(F)F)c2)=CS1. The molecule has 0 spiro atoms. The molecule has 1 aromatic rings. The van der Waals surface area contributed by atoms with E-state index >= 15 is 0 Å². The summed E-state index contributed by atoms with van der Waals surface area (Å²) in [6.45, 7) is 0. The zero-order chi connectivity index (χ0) is 12.5. The van der Waals surface area contributed by atoms with Gasteiger partial charge in [-0.15, -0.1) is 0 Å². The summed E-state index contributed by atoms with van der Waals surface area (Å²) in [5.41, 5.74) is 0.270. The number of nitrogens with one attached hydrogen (secondary N) is 1. The Kier molecular flexibility index (Phi) is 3.15. The minimum atomic E-state index is -4.35. The lowest BCUT2D eigenvalue weighted by molar-refractivity contribution is -0.137. The summed E-state index contributed by atoms with van der Waals surface area (Å²) in [7, 11) is 0. The summed E-state index contributed by atoms with van der Waals surface area (Å²) in [5, 5.41) is 4.05. The lowest BCUT2D eigenvalue weighted by atomic mass is 10.1. The maximum atomic E-state index is 12.5. The fourth-order valence-corrected chi connectivity index (χ4v) is 2.19. The van der Waals surface area contributed by atoms with Gasteiger partial charge in [0.2, 0.25) is 0 Å². The Bertz CT molecular complexity index is 470. The van der Waals surface area contributed by atoms with E-state index in [-0.39, 0.29) is 0 Å². The number of hydrogen-bond donors (Lipinski definition) is 1. The van der Waals surface area contributed by atoms with Crippen molar-refractivity contribution < 1.29 is 18.0 Å². The summed E-state index contributed by atoms with van der Waals surface area (Å²) in [5.74, 6) is 0. The molecule has 0 saturated heterocycles. The summed E-state index contributed by atoms with van der Waals surface area (Å²) < 4.78 is 37.5. The molecule has 0 radical (unpaired) electrons. The molecular weight excluding hydrogens is 251 g/mol. The van der Waals surface area contributed by atoms with Crippen LogP contribution in [0.15, 0.2) is 29.7 Å². The Morgan fingerprint density at radius 1 is 1.35 bits per heavy atom. The van der Waals surface area contributed by atoms with Crippen molar-refractivity contribution in [1.82, 2.24) is 5.32 Å². The quantitative estimate of drug-likeness (QED) is 0.828. The average Bonchev–Trinajstić information content (AvgIpc) is 2.76. The highest BCUT2D eigenvalue weighted by atomic mass is 32.2. The number of thioether (sulfide) groups is 1. The molecule has 1 heterocycles. The molecule has 0 bridgehead atoms. The van der Waals surface area contributed by atoms with E-state index < -0.39 is 17.1 Å². The van der Waals surface area contributed by atoms with Crippen molar-refractivity contribution in [2.45, 2.75) is 11.6 Å². The van der Waals surface area contributed by atoms with Gasteiger partial charge in [-0.2, -0.15) is 13.2 Å². The molecule has 1 aliphatic rings. The van der Waals surface area contributed by atoms with Crippen molar-refractivity contribution in [2.75, 3.05) is 0 Å². The van der Waals surface area contributed by atoms with Gasteiger partial charge in [-0.05, 0) is 23.1 Å². The lowest BCUT2D eigenvalue weighted by Gasteiger charge is -2.10. The molecule has 1 aromatic carbocycles. The van der Waals surface area contributed by atoms with Crippen LogP contribution < -0.4 is 5.32 Å². The monoisotopic (exact) mass is 259 g/mol. The van der Waals surface area contributed by atoms with Crippen molar-refractivity contribution in [3.05, 3.63) is 40.8 Å². The Hall–Kier alpha value is -1.43. The zero-order valence-electron chi connectivity index (χ0n) is 8.49. The molecular formula is C11H8F3NOS. The van der Waals surface area contributed by atoms with Crippen LogP contribution in [-0.4, -0.2) is 11.7 Å². The van der Waals surface area contributed by atoms with Crippen LogP contribution in [0.2, 0.25) is 0 Å². The van der Waals surface area contributed by atoms with Gasteiger partial charge in [0.25, 0.3) is 0 Å². The molecule has 0 amide bonds. The predicted molar refractivity (Wildman–Crippen MR) is 60.0 cm³/mol. The van der Waals surface area contributed by atoms with E-state index in [2.05, 4.69) is 5.32 Å². The van der Waals surface area contributed by atoms with Crippen LogP contribution in [-0.2, 0) is 11.0 Å². The first-order valence-electron chi connectivity index (χ1n) is 4.76. The second-order valence-corrected chi connectivity index (χ2v) is 4.46. The second kappa shape index (κ2) is 4.44. The second-order valence-electron chi connectivity index (χ2n) is 3.45. The van der Waals surface area contributed by atoms with Crippen LogP contribution >= 0.6 is 11.8 Å². The molecule has 17 heavy (non-hydrogen) atoms. The molecule has 6 heteroatoms. The van der Waals surface area contributed by atoms with Gasteiger partial charge in [-0.25, -0.2) is 0 Å². The van der Waals surface area contributed by atoms with Crippen LogP contribution in [0, 0.1) is 0 Å². The van der Waals surface area contributed by atoms with Crippen LogP contribution in [0.25, 0.3) is 5.70 Å². The number of carbonyl (C=O) groups is 1. The van der Waals surface area contributed by atoms with E-state index in [1.807, 2.05) is 0 Å². The summed E-state index contributed by atoms with van der Waals surface area (Å²) in [4.78, 5) is 10.5. The molecule has 0 aliphatic carbocycles. The molecule has 1 aliphatic heterocycles. The number of halogens is 3. The molecule has 1 atom stereocenters. The number of rotatable bonds is 2. The highest BCUT2D eigenvalue weighted by molar-refractivity contribution is 8.03. The lowest BCUT2D eigenvalue weighted by Crippen LogP contribution is -2.20. The number of aldehydes is 1. The molecule has 0 aromatic heterocycles. The molecule has 2 nitrogen and oxygen atoms in total. The molecule has 1 unspecified atom stereocenters. The average molecular weight is 259 g/mol. The Morgan fingerprint density at radius 3 is 2.71 bits per heavy atom. The number of benzene rings is 1. The van der Waals surface area contributed by atoms with Crippen LogP contribution in [0.1, 0.15) is 11.1 Å². The van der Waals surface area contributed by atoms with Crippen molar-refractivity contribution in [1.29, 1.82) is 0 Å². The third-order valence-corrected chi connectivity index (χ3v) is 3.15. The minimum Gasteiger partial charge on any atom is -0.366 e. The third-order valence-electron chi connectivity index (χ3n) is 2.25. The van der Waals surface area contributed by atoms with Crippen molar-refractivity contribution in [3.63, 3.8) is 0 Å². The number of alkyl halides is 3. The van der Waals surface area contributed by atoms with Crippen molar-refractivity contribution in [2.24, 2.45) is 0 Å². The first-order valence-corrected chi connectivity index (χ1v) is 5.70. The molecule has 1 N–H and O–H groups in total. The standard InChI is InChI=1S/C11H8F3NOS/c12-11(13,14)8-3-1-2-7(4-8)9-6-17-10(5-16)15-9/h1-6,10,15H.